The van der Waals surface area contributed by atoms with Gasteiger partial charge in [0.25, 0.3) is 5.69 Å². The van der Waals surface area contributed by atoms with Crippen LogP contribution >= 0.6 is 0 Å². The predicted octanol–water partition coefficient (Wildman–Crippen LogP) is 1.23. The Kier molecular flexibility index (Phi) is 8.29. The van der Waals surface area contributed by atoms with Gasteiger partial charge >= 0.3 is 0 Å². The number of nitro benzene ring substituents is 1. The average Bonchev–Trinajstić information content (AvgIpc) is 2.58. The third-order valence-corrected chi connectivity index (χ3v) is 4.81. The third kappa shape index (κ3) is 7.06. The van der Waals surface area contributed by atoms with E-state index in [-0.39, 0.29) is 29.7 Å². The monoisotopic (exact) mass is 371 g/mol. The number of non-ortho nitro benzene ring substituents is 1. The Morgan fingerprint density at radius 1 is 1.36 bits per heavy atom. The maximum atomic E-state index is 12.2. The van der Waals surface area contributed by atoms with Crippen molar-refractivity contribution >= 4 is 21.7 Å². The first-order valence-electron chi connectivity index (χ1n) is 8.09. The fraction of sp³-hybridized carbons (Fsp3) is 0.533. The number of hydrogen-bond acceptors (Lipinski definition) is 5. The molecule has 0 aromatic heterocycles. The number of rotatable bonds is 9. The van der Waals surface area contributed by atoms with E-state index < -0.39 is 14.9 Å². The molecule has 0 bridgehead atoms. The number of aliphatic imine (C=N–C) groups is 1. The smallest absolute Gasteiger partial charge is 0.270 e. The summed E-state index contributed by atoms with van der Waals surface area (Å²) in [5.74, 6) is 0.617. The summed E-state index contributed by atoms with van der Waals surface area (Å²) in [6, 6.07) is 5.17. The molecule has 0 fully saturated rings. The van der Waals surface area contributed by atoms with Crippen LogP contribution in [0.1, 0.15) is 27.2 Å². The lowest BCUT2D eigenvalue weighted by Gasteiger charge is -2.16. The summed E-state index contributed by atoms with van der Waals surface area (Å²) in [5.41, 5.74) is -0.270. The van der Waals surface area contributed by atoms with Gasteiger partial charge in [-0.15, -0.1) is 0 Å². The van der Waals surface area contributed by atoms with Crippen LogP contribution < -0.4 is 15.4 Å². The Morgan fingerprint density at radius 2 is 2.08 bits per heavy atom. The van der Waals surface area contributed by atoms with Crippen LogP contribution in [-0.4, -0.2) is 45.0 Å². The second kappa shape index (κ2) is 9.94. The Morgan fingerprint density at radius 3 is 2.68 bits per heavy atom. The van der Waals surface area contributed by atoms with Crippen LogP contribution in [0.3, 0.4) is 0 Å². The molecule has 0 amide bonds. The van der Waals surface area contributed by atoms with Crippen molar-refractivity contribution < 1.29 is 13.3 Å². The van der Waals surface area contributed by atoms with E-state index in [1.54, 1.807) is 0 Å². The molecule has 140 valence electrons. The molecule has 1 unspecified atom stereocenters. The SMILES string of the molecule is CCNC(=NCCNS(=O)(=O)c1cccc([N+](=O)[O-])c1)NC(C)CC. The molecule has 25 heavy (non-hydrogen) atoms. The van der Waals surface area contributed by atoms with Crippen LogP contribution in [0.4, 0.5) is 5.69 Å². The van der Waals surface area contributed by atoms with E-state index in [4.69, 9.17) is 0 Å². The van der Waals surface area contributed by atoms with Gasteiger partial charge in [-0.05, 0) is 26.3 Å². The van der Waals surface area contributed by atoms with Crippen molar-refractivity contribution in [1.29, 1.82) is 0 Å². The van der Waals surface area contributed by atoms with E-state index in [2.05, 4.69) is 27.3 Å². The molecule has 1 atom stereocenters. The molecule has 0 aliphatic rings. The second-order valence-electron chi connectivity index (χ2n) is 5.37. The highest BCUT2D eigenvalue weighted by Gasteiger charge is 2.16. The van der Waals surface area contributed by atoms with Crippen molar-refractivity contribution in [3.05, 3.63) is 34.4 Å². The van der Waals surface area contributed by atoms with E-state index in [0.717, 1.165) is 12.5 Å². The average molecular weight is 371 g/mol. The number of benzene rings is 1. The van der Waals surface area contributed by atoms with Crippen molar-refractivity contribution in [2.24, 2.45) is 4.99 Å². The van der Waals surface area contributed by atoms with Crippen molar-refractivity contribution in [2.45, 2.75) is 38.1 Å². The zero-order chi connectivity index (χ0) is 18.9. The molecule has 0 saturated heterocycles. The molecule has 10 heteroatoms. The number of sulfonamides is 1. The van der Waals surface area contributed by atoms with Crippen molar-refractivity contribution in [3.63, 3.8) is 0 Å². The Balaban J connectivity index is 2.68. The fourth-order valence-electron chi connectivity index (χ4n) is 1.85. The van der Waals surface area contributed by atoms with Crippen LogP contribution in [0.15, 0.2) is 34.2 Å². The molecule has 1 aromatic rings. The summed E-state index contributed by atoms with van der Waals surface area (Å²) in [6.45, 7) is 7.04. The molecular formula is C15H25N5O4S. The minimum Gasteiger partial charge on any atom is -0.357 e. The zero-order valence-corrected chi connectivity index (χ0v) is 15.5. The maximum absolute atomic E-state index is 12.2. The number of nitrogens with zero attached hydrogens (tertiary/aromatic N) is 2. The van der Waals surface area contributed by atoms with Gasteiger partial charge in [-0.3, -0.25) is 15.1 Å². The molecule has 0 radical (unpaired) electrons. The number of nitro groups is 1. The Labute approximate surface area is 148 Å². The lowest BCUT2D eigenvalue weighted by Crippen LogP contribution is -2.42. The molecule has 9 nitrogen and oxygen atoms in total. The van der Waals surface area contributed by atoms with Gasteiger partial charge in [-0.1, -0.05) is 13.0 Å². The van der Waals surface area contributed by atoms with Gasteiger partial charge in [0.2, 0.25) is 10.0 Å². The number of hydrogen-bond donors (Lipinski definition) is 3. The quantitative estimate of drug-likeness (QED) is 0.197. The molecule has 0 spiro atoms. The summed E-state index contributed by atoms with van der Waals surface area (Å²) in [7, 11) is -3.82. The van der Waals surface area contributed by atoms with E-state index in [9.17, 15) is 18.5 Å². The molecule has 0 aliphatic heterocycles. The lowest BCUT2D eigenvalue weighted by molar-refractivity contribution is -0.385. The topological polar surface area (TPSA) is 126 Å². The minimum atomic E-state index is -3.82. The number of nitrogens with one attached hydrogen (secondary N) is 3. The van der Waals surface area contributed by atoms with Gasteiger partial charge in [0.1, 0.15) is 0 Å². The van der Waals surface area contributed by atoms with E-state index in [0.29, 0.717) is 12.5 Å². The van der Waals surface area contributed by atoms with E-state index >= 15 is 0 Å². The van der Waals surface area contributed by atoms with Gasteiger partial charge < -0.3 is 10.6 Å². The molecule has 3 N–H and O–H groups in total. The Hall–Kier alpha value is -2.20. The summed E-state index contributed by atoms with van der Waals surface area (Å²) in [6.07, 6.45) is 0.934. The first-order valence-corrected chi connectivity index (χ1v) is 9.57. The second-order valence-corrected chi connectivity index (χ2v) is 7.13. The highest BCUT2D eigenvalue weighted by Crippen LogP contribution is 2.16. The maximum Gasteiger partial charge on any atom is 0.270 e. The molecule has 1 aromatic carbocycles. The highest BCUT2D eigenvalue weighted by molar-refractivity contribution is 7.89. The minimum absolute atomic E-state index is 0.0854. The molecule has 0 heterocycles. The van der Waals surface area contributed by atoms with Crippen molar-refractivity contribution in [1.82, 2.24) is 15.4 Å². The Bertz CT molecular complexity index is 706. The highest BCUT2D eigenvalue weighted by atomic mass is 32.2. The van der Waals surface area contributed by atoms with Crippen LogP contribution in [0.5, 0.6) is 0 Å². The predicted molar refractivity (Wildman–Crippen MR) is 97.2 cm³/mol. The van der Waals surface area contributed by atoms with Crippen molar-refractivity contribution in [3.8, 4) is 0 Å². The third-order valence-electron chi connectivity index (χ3n) is 3.35. The van der Waals surface area contributed by atoms with Gasteiger partial charge in [0, 0.05) is 31.3 Å². The first kappa shape index (κ1) is 20.8. The van der Waals surface area contributed by atoms with Gasteiger partial charge in [-0.2, -0.15) is 0 Å². The van der Waals surface area contributed by atoms with Crippen molar-refractivity contribution in [2.75, 3.05) is 19.6 Å². The van der Waals surface area contributed by atoms with Crippen LogP contribution in [0.2, 0.25) is 0 Å². The normalized spacial score (nSPS) is 13.3. The van der Waals surface area contributed by atoms with Crippen LogP contribution in [0.25, 0.3) is 0 Å². The largest absolute Gasteiger partial charge is 0.357 e. The molecule has 0 saturated carbocycles. The molecular weight excluding hydrogens is 346 g/mol. The van der Waals surface area contributed by atoms with Gasteiger partial charge in [0.15, 0.2) is 5.96 Å². The van der Waals surface area contributed by atoms with Gasteiger partial charge in [0.05, 0.1) is 16.4 Å². The first-order chi connectivity index (χ1) is 11.8. The van der Waals surface area contributed by atoms with Crippen LogP contribution in [0, 0.1) is 10.1 Å². The van der Waals surface area contributed by atoms with Gasteiger partial charge in [-0.25, -0.2) is 13.1 Å². The fourth-order valence-corrected chi connectivity index (χ4v) is 2.91. The summed E-state index contributed by atoms with van der Waals surface area (Å²) in [4.78, 5) is 14.3. The molecule has 1 rings (SSSR count). The van der Waals surface area contributed by atoms with E-state index in [1.807, 2.05) is 13.8 Å². The molecule has 0 aliphatic carbocycles. The standard InChI is InChI=1S/C15H25N5O4S/c1-4-12(3)19-15(16-5-2)17-9-10-18-25(23,24)14-8-6-7-13(11-14)20(21)22/h6-8,11-12,18H,4-5,9-10H2,1-3H3,(H2,16,17,19). The summed E-state index contributed by atoms with van der Waals surface area (Å²) < 4.78 is 26.8. The lowest BCUT2D eigenvalue weighted by atomic mass is 10.3. The number of guanidine groups is 1. The summed E-state index contributed by atoms with van der Waals surface area (Å²) in [5, 5.41) is 17.0. The zero-order valence-electron chi connectivity index (χ0n) is 14.7. The van der Waals surface area contributed by atoms with E-state index in [1.165, 1.54) is 18.2 Å². The summed E-state index contributed by atoms with van der Waals surface area (Å²) >= 11 is 0. The van der Waals surface area contributed by atoms with Crippen LogP contribution in [-0.2, 0) is 10.0 Å².